The standard InChI is InChI=1S/C55H55N2.ClH.Cu/c1-37(2)45-33-47(38(3)4)54(48(34-45)39(5)6)51-30-20-29-46-35-56(36-57(46)51)55-49(52(41-21-12-8-13-22-41)42-23-14-9-15-24-42)31-40(7)32-50(55)53(43-25-16-10-17-26-43)44-27-18-11-19-28-44;;/h8-39,52-53H,1-7H3;1H;/q;;+1/p-1. The van der Waals surface area contributed by atoms with Crippen molar-refractivity contribution in [1.82, 2.24) is 4.90 Å². The van der Waals surface area contributed by atoms with Crippen LogP contribution in [0.3, 0.4) is 0 Å². The third-order valence-electron chi connectivity index (χ3n) is 11.9. The van der Waals surface area contributed by atoms with Gasteiger partial charge in [-0.15, -0.1) is 0 Å². The van der Waals surface area contributed by atoms with Gasteiger partial charge in [-0.2, -0.15) is 0 Å². The van der Waals surface area contributed by atoms with E-state index in [9.17, 15) is 0 Å². The van der Waals surface area contributed by atoms with E-state index in [1.54, 1.807) is 0 Å². The predicted octanol–water partition coefficient (Wildman–Crippen LogP) is 14.8. The summed E-state index contributed by atoms with van der Waals surface area (Å²) in [6, 6.07) is 53.8. The number of rotatable bonds is 12. The zero-order valence-electron chi connectivity index (χ0n) is 35.2. The molecule has 4 heteroatoms. The molecule has 2 heterocycles. The van der Waals surface area contributed by atoms with Gasteiger partial charge in [0.25, 0.3) is 0 Å². The molecule has 6 aromatic rings. The Balaban J connectivity index is 1.41. The molecule has 6 aromatic carbocycles. The van der Waals surface area contributed by atoms with Crippen molar-refractivity contribution in [3.8, 4) is 0 Å². The Hall–Kier alpha value is -5.05. The van der Waals surface area contributed by atoms with Gasteiger partial charge in [0, 0.05) is 0 Å². The van der Waals surface area contributed by atoms with Gasteiger partial charge in [0.15, 0.2) is 0 Å². The van der Waals surface area contributed by atoms with E-state index in [0.717, 1.165) is 5.70 Å². The number of halogens is 1. The molecule has 2 aliphatic rings. The molecule has 0 bridgehead atoms. The SMILES string of the molecule is Cc1cc(C(c2ccccc2)c2ccccc2)c(N2C=C3C=CC=C(c4c(C(C)C)cc(C(C)C)cc4C(C)C)N3[CH]2[Cu][Cl])c(C(c2ccccc2)c2ccccc2)c1. The van der Waals surface area contributed by atoms with Crippen molar-refractivity contribution in [2.45, 2.75) is 83.1 Å². The molecule has 1 atom stereocenters. The van der Waals surface area contributed by atoms with Crippen LogP contribution in [0.15, 0.2) is 176 Å². The van der Waals surface area contributed by atoms with Crippen LogP contribution in [0.2, 0.25) is 0 Å². The Kier molecular flexibility index (Phi) is 12.2. The fourth-order valence-corrected chi connectivity index (χ4v) is 10.3. The zero-order chi connectivity index (χ0) is 41.2. The van der Waals surface area contributed by atoms with Crippen molar-refractivity contribution in [1.29, 1.82) is 0 Å². The maximum absolute atomic E-state index is 7.30. The fourth-order valence-electron chi connectivity index (χ4n) is 9.12. The van der Waals surface area contributed by atoms with Gasteiger partial charge < -0.3 is 0 Å². The summed E-state index contributed by atoms with van der Waals surface area (Å²) in [7, 11) is 7.30. The monoisotopic (exact) mass is 841 g/mol. The third-order valence-corrected chi connectivity index (χ3v) is 13.1. The fraction of sp³-hybridized carbons (Fsp3) is 0.236. The van der Waals surface area contributed by atoms with Gasteiger partial charge in [-0.05, 0) is 0 Å². The number of allylic oxidation sites excluding steroid dienone is 3. The molecule has 303 valence electrons. The summed E-state index contributed by atoms with van der Waals surface area (Å²) in [6.45, 7) is 16.2. The average molecular weight is 843 g/mol. The summed E-state index contributed by atoms with van der Waals surface area (Å²) in [5.41, 5.74) is 17.7. The van der Waals surface area contributed by atoms with Crippen LogP contribution < -0.4 is 4.90 Å². The number of fused-ring (bicyclic) bond motifs is 1. The first kappa shape index (κ1) is 40.7. The molecule has 0 aliphatic carbocycles. The summed E-state index contributed by atoms with van der Waals surface area (Å²) in [5.74, 6) is 1.04. The van der Waals surface area contributed by atoms with Crippen LogP contribution in [-0.2, 0) is 14.0 Å². The summed E-state index contributed by atoms with van der Waals surface area (Å²) < 4.78 is 0. The Labute approximate surface area is 363 Å². The quantitative estimate of drug-likeness (QED) is 0.0894. The molecule has 0 N–H and O–H groups in total. The molecule has 0 aromatic heterocycles. The van der Waals surface area contributed by atoms with E-state index >= 15 is 0 Å². The first-order valence-corrected chi connectivity index (χ1v) is 22.9. The van der Waals surface area contributed by atoms with Gasteiger partial charge in [-0.1, -0.05) is 0 Å². The molecule has 59 heavy (non-hydrogen) atoms. The summed E-state index contributed by atoms with van der Waals surface area (Å²) in [6.07, 6.45) is 9.14. The van der Waals surface area contributed by atoms with Gasteiger partial charge in [-0.25, -0.2) is 0 Å². The number of nitrogens with zero attached hydrogens (tertiary/aromatic N) is 2. The third kappa shape index (κ3) is 8.02. The van der Waals surface area contributed by atoms with Crippen LogP contribution in [0, 0.1) is 6.92 Å². The summed E-state index contributed by atoms with van der Waals surface area (Å²) in [4.78, 5) is 4.98. The van der Waals surface area contributed by atoms with E-state index in [1.165, 1.54) is 86.6 Å². The molecule has 2 nitrogen and oxygen atoms in total. The Morgan fingerprint density at radius 3 is 1.32 bits per heavy atom. The molecule has 0 saturated heterocycles. The van der Waals surface area contributed by atoms with E-state index in [1.807, 2.05) is 0 Å². The van der Waals surface area contributed by atoms with Crippen LogP contribution in [-0.4, -0.2) is 9.96 Å². The topological polar surface area (TPSA) is 6.48 Å². The summed E-state index contributed by atoms with van der Waals surface area (Å²) >= 11 is 1.50. The molecule has 0 saturated carbocycles. The van der Waals surface area contributed by atoms with E-state index in [0.29, 0.717) is 17.8 Å². The minimum absolute atomic E-state index is 0.0387. The van der Waals surface area contributed by atoms with E-state index in [-0.39, 0.29) is 16.9 Å². The van der Waals surface area contributed by atoms with Gasteiger partial charge in [-0.3, -0.25) is 0 Å². The Morgan fingerprint density at radius 2 is 0.949 bits per heavy atom. The van der Waals surface area contributed by atoms with Crippen LogP contribution in [0.5, 0.6) is 0 Å². The van der Waals surface area contributed by atoms with Gasteiger partial charge in [0.2, 0.25) is 0 Å². The van der Waals surface area contributed by atoms with Crippen molar-refractivity contribution in [2.75, 3.05) is 4.90 Å². The zero-order valence-corrected chi connectivity index (χ0v) is 36.9. The summed E-state index contributed by atoms with van der Waals surface area (Å²) in [5, 5.41) is -0.281. The van der Waals surface area contributed by atoms with Crippen LogP contribution in [0.25, 0.3) is 5.70 Å². The van der Waals surface area contributed by atoms with Crippen molar-refractivity contribution >= 4 is 21.5 Å². The van der Waals surface area contributed by atoms with Crippen molar-refractivity contribution in [3.05, 3.63) is 237 Å². The molecule has 0 spiro atoms. The first-order chi connectivity index (χ1) is 28.7. The van der Waals surface area contributed by atoms with E-state index in [2.05, 4.69) is 228 Å². The molecule has 8 rings (SSSR count). The van der Waals surface area contributed by atoms with Gasteiger partial charge in [0.05, 0.1) is 0 Å². The minimum atomic E-state index is -0.281. The molecule has 0 amide bonds. The molecule has 2 aliphatic heterocycles. The maximum atomic E-state index is 7.30. The van der Waals surface area contributed by atoms with Gasteiger partial charge >= 0.3 is 365 Å². The normalized spacial score (nSPS) is 15.2. The molecule has 1 unspecified atom stereocenters. The number of benzene rings is 6. The molecule has 0 fully saturated rings. The predicted molar refractivity (Wildman–Crippen MR) is 247 cm³/mol. The number of aryl methyl sites for hydroxylation is 1. The number of anilines is 1. The Bertz CT molecular complexity index is 2270. The van der Waals surface area contributed by atoms with Crippen LogP contribution in [0.1, 0.15) is 132 Å². The van der Waals surface area contributed by atoms with Gasteiger partial charge in [0.1, 0.15) is 0 Å². The van der Waals surface area contributed by atoms with E-state index < -0.39 is 0 Å². The second-order valence-electron chi connectivity index (χ2n) is 16.9. The molecule has 0 radical (unpaired) electrons. The first-order valence-electron chi connectivity index (χ1n) is 21.0. The second kappa shape index (κ2) is 17.7. The van der Waals surface area contributed by atoms with Crippen molar-refractivity contribution in [3.63, 3.8) is 0 Å². The van der Waals surface area contributed by atoms with Crippen LogP contribution >= 0.6 is 10.1 Å². The average Bonchev–Trinajstić information content (AvgIpc) is 3.63. The van der Waals surface area contributed by atoms with Crippen molar-refractivity contribution in [2.24, 2.45) is 0 Å². The Morgan fingerprint density at radius 1 is 0.525 bits per heavy atom. The van der Waals surface area contributed by atoms with E-state index in [4.69, 9.17) is 10.1 Å². The molecular weight excluding hydrogens is 788 g/mol. The van der Waals surface area contributed by atoms with Crippen molar-refractivity contribution < 1.29 is 14.0 Å². The van der Waals surface area contributed by atoms with Crippen LogP contribution in [0.4, 0.5) is 5.69 Å². The second-order valence-corrected chi connectivity index (χ2v) is 18.2. The number of hydrogen-bond donors (Lipinski definition) is 0. The molecular formula is C55H55ClCuN2. The number of hydrogen-bond acceptors (Lipinski definition) is 2.